The third-order valence-corrected chi connectivity index (χ3v) is 3.42. The number of aliphatic carboxylic acids is 1. The normalized spacial score (nSPS) is 11.4. The van der Waals surface area contributed by atoms with Crippen molar-refractivity contribution in [3.8, 4) is 0 Å². The molecular weight excluding hydrogens is 449 g/mol. The van der Waals surface area contributed by atoms with Crippen LogP contribution in [0.3, 0.4) is 0 Å². The number of carbonyl (C=O) groups excluding carboxylic acids is 3. The standard InChI is InChI=1S/C14H24IN3O7/c1-10(14(22)23)18-13(21)9-17-11(19)2-4-24-6-7-25-5-3-16-12(20)8-15/h10H,2-9H2,1H3,(H,16,20)(H,17,19)(H,18,21)(H,22,23)/t10-/m0/s1. The van der Waals surface area contributed by atoms with E-state index in [0.717, 1.165) is 0 Å². The lowest BCUT2D eigenvalue weighted by molar-refractivity contribution is -0.141. The van der Waals surface area contributed by atoms with Gasteiger partial charge in [-0.15, -0.1) is 0 Å². The first-order chi connectivity index (χ1) is 11.9. The molecule has 0 spiro atoms. The van der Waals surface area contributed by atoms with Crippen molar-refractivity contribution in [1.82, 2.24) is 16.0 Å². The molecule has 3 amide bonds. The maximum absolute atomic E-state index is 11.5. The average Bonchev–Trinajstić information content (AvgIpc) is 2.57. The third kappa shape index (κ3) is 14.6. The van der Waals surface area contributed by atoms with Gasteiger partial charge < -0.3 is 30.5 Å². The summed E-state index contributed by atoms with van der Waals surface area (Å²) in [5, 5.41) is 15.9. The summed E-state index contributed by atoms with van der Waals surface area (Å²) in [6.07, 6.45) is 0.0769. The molecule has 0 bridgehead atoms. The Bertz CT molecular complexity index is 448. The summed E-state index contributed by atoms with van der Waals surface area (Å²) < 4.78 is 10.8. The zero-order valence-corrected chi connectivity index (χ0v) is 16.2. The topological polar surface area (TPSA) is 143 Å². The number of carbonyl (C=O) groups is 4. The molecular formula is C14H24IN3O7. The highest BCUT2D eigenvalue weighted by molar-refractivity contribution is 14.1. The van der Waals surface area contributed by atoms with Crippen LogP contribution in [0.5, 0.6) is 0 Å². The van der Waals surface area contributed by atoms with E-state index in [1.165, 1.54) is 6.92 Å². The van der Waals surface area contributed by atoms with Crippen LogP contribution in [0.15, 0.2) is 0 Å². The Labute approximate surface area is 159 Å². The van der Waals surface area contributed by atoms with E-state index < -0.39 is 17.9 Å². The predicted octanol–water partition coefficient (Wildman–Crippen LogP) is -1.33. The summed E-state index contributed by atoms with van der Waals surface area (Å²) in [7, 11) is 0. The van der Waals surface area contributed by atoms with E-state index in [9.17, 15) is 19.2 Å². The minimum atomic E-state index is -1.15. The third-order valence-electron chi connectivity index (χ3n) is 2.73. The molecule has 0 aromatic carbocycles. The van der Waals surface area contributed by atoms with Gasteiger partial charge in [-0.2, -0.15) is 0 Å². The fourth-order valence-electron chi connectivity index (χ4n) is 1.42. The van der Waals surface area contributed by atoms with Crippen molar-refractivity contribution < 1.29 is 33.8 Å². The number of hydrogen-bond donors (Lipinski definition) is 4. The number of amides is 3. The Morgan fingerprint density at radius 1 is 0.960 bits per heavy atom. The lowest BCUT2D eigenvalue weighted by Crippen LogP contribution is -2.44. The van der Waals surface area contributed by atoms with Gasteiger partial charge in [-0.05, 0) is 6.92 Å². The van der Waals surface area contributed by atoms with Crippen molar-refractivity contribution in [3.05, 3.63) is 0 Å². The van der Waals surface area contributed by atoms with Crippen LogP contribution in [0.4, 0.5) is 0 Å². The Morgan fingerprint density at radius 2 is 1.60 bits per heavy atom. The van der Waals surface area contributed by atoms with Gasteiger partial charge in [0.2, 0.25) is 17.7 Å². The molecule has 11 heteroatoms. The molecule has 10 nitrogen and oxygen atoms in total. The lowest BCUT2D eigenvalue weighted by atomic mass is 10.3. The predicted molar refractivity (Wildman–Crippen MR) is 96.4 cm³/mol. The largest absolute Gasteiger partial charge is 0.480 e. The summed E-state index contributed by atoms with van der Waals surface area (Å²) >= 11 is 1.97. The number of rotatable bonds is 14. The summed E-state index contributed by atoms with van der Waals surface area (Å²) in [6, 6.07) is -1.01. The summed E-state index contributed by atoms with van der Waals surface area (Å²) in [4.78, 5) is 44.3. The number of hydrogen-bond acceptors (Lipinski definition) is 6. The Kier molecular flexibility index (Phi) is 14.0. The number of alkyl halides is 1. The second kappa shape index (κ2) is 14.8. The monoisotopic (exact) mass is 473 g/mol. The first-order valence-corrected chi connectivity index (χ1v) is 9.16. The van der Waals surface area contributed by atoms with E-state index in [-0.39, 0.29) is 31.4 Å². The molecule has 0 unspecified atom stereocenters. The van der Waals surface area contributed by atoms with Crippen LogP contribution in [0.25, 0.3) is 0 Å². The number of carboxylic acid groups (broad SMARTS) is 1. The lowest BCUT2D eigenvalue weighted by Gasteiger charge is -2.10. The molecule has 0 aliphatic heterocycles. The summed E-state index contributed by atoms with van der Waals surface area (Å²) in [5.74, 6) is -2.15. The molecule has 0 aliphatic rings. The SMILES string of the molecule is C[C@H](NC(=O)CNC(=O)CCOCCOCCNC(=O)CI)C(=O)O. The Balaban J connectivity index is 3.48. The maximum atomic E-state index is 11.5. The van der Waals surface area contributed by atoms with E-state index >= 15 is 0 Å². The van der Waals surface area contributed by atoms with Crippen LogP contribution in [0.1, 0.15) is 13.3 Å². The summed E-state index contributed by atoms with van der Waals surface area (Å²) in [5.41, 5.74) is 0. The summed E-state index contributed by atoms with van der Waals surface area (Å²) in [6.45, 7) is 2.69. The molecule has 1 atom stereocenters. The van der Waals surface area contributed by atoms with Crippen LogP contribution in [-0.4, -0.2) is 78.8 Å². The van der Waals surface area contributed by atoms with E-state index in [0.29, 0.717) is 30.8 Å². The van der Waals surface area contributed by atoms with Gasteiger partial charge in [0.1, 0.15) is 6.04 Å². The fourth-order valence-corrected chi connectivity index (χ4v) is 1.69. The number of carboxylic acids is 1. The van der Waals surface area contributed by atoms with Gasteiger partial charge in [-0.1, -0.05) is 22.6 Å². The highest BCUT2D eigenvalue weighted by Gasteiger charge is 2.14. The van der Waals surface area contributed by atoms with Crippen LogP contribution in [0, 0.1) is 0 Å². The maximum Gasteiger partial charge on any atom is 0.325 e. The quantitative estimate of drug-likeness (QED) is 0.139. The van der Waals surface area contributed by atoms with Crippen LogP contribution in [0.2, 0.25) is 0 Å². The van der Waals surface area contributed by atoms with Gasteiger partial charge in [-0.3, -0.25) is 19.2 Å². The van der Waals surface area contributed by atoms with E-state index in [1.54, 1.807) is 0 Å². The average molecular weight is 473 g/mol. The molecule has 0 aliphatic carbocycles. The molecule has 0 fully saturated rings. The Morgan fingerprint density at radius 3 is 2.20 bits per heavy atom. The smallest absolute Gasteiger partial charge is 0.325 e. The fraction of sp³-hybridized carbons (Fsp3) is 0.714. The number of halogens is 1. The zero-order valence-electron chi connectivity index (χ0n) is 14.0. The van der Waals surface area contributed by atoms with Crippen molar-refractivity contribution in [3.63, 3.8) is 0 Å². The van der Waals surface area contributed by atoms with Gasteiger partial charge in [-0.25, -0.2) is 0 Å². The Hall–Kier alpha value is -1.47. The van der Waals surface area contributed by atoms with E-state index in [2.05, 4.69) is 16.0 Å². The molecule has 0 heterocycles. The van der Waals surface area contributed by atoms with Gasteiger partial charge in [0, 0.05) is 13.0 Å². The molecule has 0 saturated heterocycles. The molecule has 0 aromatic rings. The van der Waals surface area contributed by atoms with Gasteiger partial charge >= 0.3 is 5.97 Å². The van der Waals surface area contributed by atoms with Crippen molar-refractivity contribution in [2.75, 3.05) is 43.9 Å². The van der Waals surface area contributed by atoms with Crippen molar-refractivity contribution >= 4 is 46.3 Å². The highest BCUT2D eigenvalue weighted by atomic mass is 127. The molecule has 0 radical (unpaired) electrons. The zero-order chi connectivity index (χ0) is 19.1. The van der Waals surface area contributed by atoms with Crippen molar-refractivity contribution in [1.29, 1.82) is 0 Å². The van der Waals surface area contributed by atoms with Gasteiger partial charge in [0.25, 0.3) is 0 Å². The van der Waals surface area contributed by atoms with Crippen LogP contribution >= 0.6 is 22.6 Å². The first kappa shape index (κ1) is 23.5. The van der Waals surface area contributed by atoms with Crippen molar-refractivity contribution in [2.45, 2.75) is 19.4 Å². The minimum absolute atomic E-state index is 0.0439. The van der Waals surface area contributed by atoms with E-state index in [1.807, 2.05) is 22.6 Å². The van der Waals surface area contributed by atoms with Crippen LogP contribution in [-0.2, 0) is 28.7 Å². The highest BCUT2D eigenvalue weighted by Crippen LogP contribution is 1.86. The minimum Gasteiger partial charge on any atom is -0.480 e. The second-order valence-electron chi connectivity index (χ2n) is 4.86. The molecule has 25 heavy (non-hydrogen) atoms. The van der Waals surface area contributed by atoms with Gasteiger partial charge in [0.05, 0.1) is 37.4 Å². The molecule has 0 rings (SSSR count). The second-order valence-corrected chi connectivity index (χ2v) is 5.63. The molecule has 0 saturated carbocycles. The number of nitrogens with one attached hydrogen (secondary N) is 3. The first-order valence-electron chi connectivity index (χ1n) is 7.63. The van der Waals surface area contributed by atoms with Crippen molar-refractivity contribution in [2.24, 2.45) is 0 Å². The van der Waals surface area contributed by atoms with Gasteiger partial charge in [0.15, 0.2) is 0 Å². The van der Waals surface area contributed by atoms with Crippen LogP contribution < -0.4 is 16.0 Å². The number of ether oxygens (including phenoxy) is 2. The molecule has 144 valence electrons. The van der Waals surface area contributed by atoms with E-state index in [4.69, 9.17) is 14.6 Å². The molecule has 0 aromatic heterocycles. The molecule has 4 N–H and O–H groups in total.